The minimum absolute atomic E-state index is 0.0522. The number of carbonyl (C=O) groups is 3. The molecule has 9 nitrogen and oxygen atoms in total. The van der Waals surface area contributed by atoms with Gasteiger partial charge in [0.15, 0.2) is 5.60 Å². The zero-order valence-corrected chi connectivity index (χ0v) is 27.5. The molecule has 4 atom stereocenters. The molecule has 2 fully saturated rings. The Balaban J connectivity index is 1.40. The average molecular weight is 640 g/mol. The molecule has 3 aliphatic heterocycles. The minimum atomic E-state index is -1.48. The number of carbonyl (C=O) groups excluding carboxylic acids is 3. The first-order chi connectivity index (χ1) is 22.5. The standard InChI is InChI=1S/C38H45N3O6/c1-26-35(37(2,3)46)32(23-34(44)39(20-21-42)24-27-12-6-4-7-13-27)47-38(26)30-22-29(40-19-11-10-16-33(40)43)17-18-31(30)41(36(38)45)25-28-14-8-5-9-15-28/h4-9,12-15,17-18,22,26,32,35,42,46H,10-11,16,19-21,23-25H2,1-3H3/t26-,32+,35-,38+/m0/s1. The summed E-state index contributed by atoms with van der Waals surface area (Å²) in [5.74, 6) is -1.51. The molecule has 0 unspecified atom stereocenters. The molecule has 3 heterocycles. The molecule has 2 saturated heterocycles. The van der Waals surface area contributed by atoms with Crippen LogP contribution in [-0.4, -0.2) is 64.2 Å². The van der Waals surface area contributed by atoms with Gasteiger partial charge in [0.1, 0.15) is 0 Å². The number of fused-ring (bicyclic) bond motifs is 2. The summed E-state index contributed by atoms with van der Waals surface area (Å²) in [4.78, 5) is 46.9. The Hall–Kier alpha value is -4.05. The highest BCUT2D eigenvalue weighted by Gasteiger charge is 2.66. The van der Waals surface area contributed by atoms with Crippen molar-refractivity contribution in [3.8, 4) is 0 Å². The molecule has 0 saturated carbocycles. The van der Waals surface area contributed by atoms with E-state index in [9.17, 15) is 24.6 Å². The molecule has 0 aromatic heterocycles. The maximum atomic E-state index is 14.8. The van der Waals surface area contributed by atoms with Crippen LogP contribution in [-0.2, 0) is 37.8 Å². The number of nitrogens with zero attached hydrogens (tertiary/aromatic N) is 3. The first-order valence-electron chi connectivity index (χ1n) is 16.7. The molecule has 1 spiro atoms. The number of aliphatic hydroxyl groups excluding tert-OH is 1. The van der Waals surface area contributed by atoms with E-state index in [1.165, 1.54) is 0 Å². The second-order valence-electron chi connectivity index (χ2n) is 13.7. The van der Waals surface area contributed by atoms with E-state index in [1.807, 2.05) is 85.8 Å². The van der Waals surface area contributed by atoms with E-state index in [1.54, 1.807) is 28.5 Å². The van der Waals surface area contributed by atoms with E-state index in [4.69, 9.17) is 4.74 Å². The SMILES string of the molecule is C[C@H]1[C@H](C(C)(C)O)[C@@H](CC(=O)N(CCO)Cc2ccccc2)O[C@]12C(=O)N(Cc1ccccc1)c1ccc(N3CCCCC3=O)cc12. The fraction of sp³-hybridized carbons (Fsp3) is 0.447. The number of benzene rings is 3. The van der Waals surface area contributed by atoms with Crippen LogP contribution in [0.4, 0.5) is 11.4 Å². The fourth-order valence-corrected chi connectivity index (χ4v) is 7.95. The number of piperidine rings is 1. The van der Waals surface area contributed by atoms with Crippen molar-refractivity contribution in [3.63, 3.8) is 0 Å². The lowest BCUT2D eigenvalue weighted by Crippen LogP contribution is -2.46. The maximum absolute atomic E-state index is 14.8. The summed E-state index contributed by atoms with van der Waals surface area (Å²) in [6.07, 6.45) is 1.38. The first kappa shape index (κ1) is 32.9. The molecule has 47 heavy (non-hydrogen) atoms. The topological polar surface area (TPSA) is 111 Å². The molecular formula is C38H45N3O6. The highest BCUT2D eigenvalue weighted by molar-refractivity contribution is 6.08. The third-order valence-electron chi connectivity index (χ3n) is 10.1. The molecule has 0 radical (unpaired) electrons. The smallest absolute Gasteiger partial charge is 0.264 e. The molecule has 3 aliphatic rings. The van der Waals surface area contributed by atoms with Gasteiger partial charge in [0, 0.05) is 49.1 Å². The van der Waals surface area contributed by atoms with Gasteiger partial charge in [-0.2, -0.15) is 0 Å². The molecule has 3 amide bonds. The molecule has 6 rings (SSSR count). The second-order valence-corrected chi connectivity index (χ2v) is 13.7. The van der Waals surface area contributed by atoms with Gasteiger partial charge in [0.2, 0.25) is 11.8 Å². The quantitative estimate of drug-likeness (QED) is 0.331. The van der Waals surface area contributed by atoms with Crippen molar-refractivity contribution in [3.05, 3.63) is 95.6 Å². The molecule has 3 aromatic carbocycles. The molecule has 3 aromatic rings. The summed E-state index contributed by atoms with van der Waals surface area (Å²) in [6, 6.07) is 25.1. The van der Waals surface area contributed by atoms with Crippen molar-refractivity contribution < 1.29 is 29.3 Å². The van der Waals surface area contributed by atoms with Crippen LogP contribution >= 0.6 is 0 Å². The summed E-state index contributed by atoms with van der Waals surface area (Å²) in [7, 11) is 0. The van der Waals surface area contributed by atoms with Crippen LogP contribution in [0.2, 0.25) is 0 Å². The van der Waals surface area contributed by atoms with Crippen molar-refractivity contribution in [1.29, 1.82) is 0 Å². The van der Waals surface area contributed by atoms with E-state index >= 15 is 0 Å². The van der Waals surface area contributed by atoms with Crippen LogP contribution in [0.3, 0.4) is 0 Å². The Kier molecular flexibility index (Phi) is 9.25. The van der Waals surface area contributed by atoms with Gasteiger partial charge in [0.25, 0.3) is 5.91 Å². The monoisotopic (exact) mass is 639 g/mol. The third kappa shape index (κ3) is 6.20. The Morgan fingerprint density at radius 1 is 1.00 bits per heavy atom. The van der Waals surface area contributed by atoms with Crippen molar-refractivity contribution >= 4 is 29.1 Å². The molecular weight excluding hydrogens is 594 g/mol. The lowest BCUT2D eigenvalue weighted by atomic mass is 9.70. The van der Waals surface area contributed by atoms with E-state index in [-0.39, 0.29) is 37.3 Å². The molecule has 0 aliphatic carbocycles. The largest absolute Gasteiger partial charge is 0.395 e. The van der Waals surface area contributed by atoms with Gasteiger partial charge < -0.3 is 29.6 Å². The van der Waals surface area contributed by atoms with Crippen LogP contribution < -0.4 is 9.80 Å². The number of hydrogen-bond donors (Lipinski definition) is 2. The van der Waals surface area contributed by atoms with Gasteiger partial charge >= 0.3 is 0 Å². The molecule has 248 valence electrons. The Bertz CT molecular complexity index is 1610. The molecule has 2 N–H and O–H groups in total. The fourth-order valence-electron chi connectivity index (χ4n) is 7.95. The highest BCUT2D eigenvalue weighted by Crippen LogP contribution is 2.58. The summed E-state index contributed by atoms with van der Waals surface area (Å²) >= 11 is 0. The van der Waals surface area contributed by atoms with Crippen LogP contribution in [0.15, 0.2) is 78.9 Å². The zero-order chi connectivity index (χ0) is 33.3. The van der Waals surface area contributed by atoms with Crippen molar-refractivity contribution in [2.75, 3.05) is 29.5 Å². The van der Waals surface area contributed by atoms with Gasteiger partial charge in [-0.1, -0.05) is 67.6 Å². The third-order valence-corrected chi connectivity index (χ3v) is 10.1. The minimum Gasteiger partial charge on any atom is -0.395 e. The average Bonchev–Trinajstić information content (AvgIpc) is 3.48. The predicted octanol–water partition coefficient (Wildman–Crippen LogP) is 4.78. The lowest BCUT2D eigenvalue weighted by Gasteiger charge is -2.34. The summed E-state index contributed by atoms with van der Waals surface area (Å²) in [6.45, 7) is 6.53. The van der Waals surface area contributed by atoms with Gasteiger partial charge in [-0.05, 0) is 56.0 Å². The van der Waals surface area contributed by atoms with Gasteiger partial charge in [-0.3, -0.25) is 14.4 Å². The number of hydrogen-bond acceptors (Lipinski definition) is 6. The Labute approximate surface area is 276 Å². The zero-order valence-electron chi connectivity index (χ0n) is 27.5. The van der Waals surface area contributed by atoms with Gasteiger partial charge in [0.05, 0.1) is 37.0 Å². The van der Waals surface area contributed by atoms with Crippen LogP contribution in [0.1, 0.15) is 63.1 Å². The van der Waals surface area contributed by atoms with Crippen LogP contribution in [0, 0.1) is 11.8 Å². The van der Waals surface area contributed by atoms with E-state index < -0.39 is 29.1 Å². The number of aliphatic hydroxyl groups is 2. The molecule has 9 heteroatoms. The number of ether oxygens (including phenoxy) is 1. The maximum Gasteiger partial charge on any atom is 0.264 e. The first-order valence-corrected chi connectivity index (χ1v) is 16.7. The normalized spacial score (nSPS) is 24.2. The Morgan fingerprint density at radius 2 is 1.68 bits per heavy atom. The molecule has 0 bridgehead atoms. The number of amides is 3. The number of anilines is 2. The number of rotatable bonds is 10. The van der Waals surface area contributed by atoms with Crippen molar-refractivity contribution in [2.45, 2.75) is 76.9 Å². The Morgan fingerprint density at radius 3 is 2.32 bits per heavy atom. The van der Waals surface area contributed by atoms with Crippen molar-refractivity contribution in [1.82, 2.24) is 4.90 Å². The van der Waals surface area contributed by atoms with E-state index in [0.717, 1.165) is 24.0 Å². The lowest BCUT2D eigenvalue weighted by molar-refractivity contribution is -0.150. The second kappa shape index (κ2) is 13.2. The van der Waals surface area contributed by atoms with E-state index in [0.29, 0.717) is 43.0 Å². The summed E-state index contributed by atoms with van der Waals surface area (Å²) < 4.78 is 6.92. The van der Waals surface area contributed by atoms with Gasteiger partial charge in [-0.15, -0.1) is 0 Å². The van der Waals surface area contributed by atoms with Gasteiger partial charge in [-0.25, -0.2) is 0 Å². The van der Waals surface area contributed by atoms with Crippen LogP contribution in [0.25, 0.3) is 0 Å². The van der Waals surface area contributed by atoms with Crippen LogP contribution in [0.5, 0.6) is 0 Å². The highest BCUT2D eigenvalue weighted by atomic mass is 16.5. The van der Waals surface area contributed by atoms with E-state index in [2.05, 4.69) is 0 Å². The summed E-state index contributed by atoms with van der Waals surface area (Å²) in [5.41, 5.74) is 1.19. The summed E-state index contributed by atoms with van der Waals surface area (Å²) in [5, 5.41) is 21.4. The van der Waals surface area contributed by atoms with Crippen molar-refractivity contribution in [2.24, 2.45) is 11.8 Å². The predicted molar refractivity (Wildman–Crippen MR) is 179 cm³/mol.